The van der Waals surface area contributed by atoms with Crippen molar-refractivity contribution in [2.75, 3.05) is 24.9 Å². The minimum atomic E-state index is -0.278. The summed E-state index contributed by atoms with van der Waals surface area (Å²) in [6.45, 7) is 1.86. The van der Waals surface area contributed by atoms with Crippen LogP contribution in [0.4, 0.5) is 17.2 Å². The Labute approximate surface area is 168 Å². The lowest BCUT2D eigenvalue weighted by Gasteiger charge is -2.13. The number of hydrogen-bond acceptors (Lipinski definition) is 5. The van der Waals surface area contributed by atoms with Crippen molar-refractivity contribution in [3.05, 3.63) is 70.9 Å². The van der Waals surface area contributed by atoms with Gasteiger partial charge in [0, 0.05) is 28.5 Å². The van der Waals surface area contributed by atoms with Gasteiger partial charge in [-0.1, -0.05) is 11.6 Å². The minimum Gasteiger partial charge on any atom is -0.497 e. The molecule has 3 aromatic rings. The molecule has 0 unspecified atom stereocenters. The molecule has 0 fully saturated rings. The zero-order valence-corrected chi connectivity index (χ0v) is 16.5. The molecule has 0 saturated carbocycles. The van der Waals surface area contributed by atoms with Crippen molar-refractivity contribution < 1.29 is 14.3 Å². The number of nitrogens with zero attached hydrogens (tertiary/aromatic N) is 1. The number of rotatable bonds is 6. The van der Waals surface area contributed by atoms with Gasteiger partial charge in [-0.05, 0) is 55.0 Å². The molecular formula is C21H20ClN3O3. The van der Waals surface area contributed by atoms with Gasteiger partial charge in [-0.3, -0.25) is 4.79 Å². The molecule has 0 atom stereocenters. The van der Waals surface area contributed by atoms with Crippen LogP contribution in [0.5, 0.6) is 11.5 Å². The summed E-state index contributed by atoms with van der Waals surface area (Å²) >= 11 is 6.12. The van der Waals surface area contributed by atoms with Crippen molar-refractivity contribution >= 4 is 34.7 Å². The van der Waals surface area contributed by atoms with E-state index in [1.807, 2.05) is 31.2 Å². The van der Waals surface area contributed by atoms with E-state index >= 15 is 0 Å². The molecule has 1 amide bonds. The number of benzene rings is 2. The van der Waals surface area contributed by atoms with Crippen LogP contribution in [0.25, 0.3) is 0 Å². The molecule has 1 heterocycles. The van der Waals surface area contributed by atoms with Crippen LogP contribution in [0.1, 0.15) is 15.9 Å². The number of aromatic nitrogens is 1. The standard InChI is InChI=1S/C21H20ClN3O3/c1-13-10-18(19(28-3)12-17(13)22)25-21(26)14-8-9-23-20(11-14)24-15-4-6-16(27-2)7-5-15/h4-12H,1-3H3,(H,23,24)(H,25,26). The van der Waals surface area contributed by atoms with Gasteiger partial charge in [0.05, 0.1) is 19.9 Å². The van der Waals surface area contributed by atoms with Crippen LogP contribution in [0, 0.1) is 6.92 Å². The van der Waals surface area contributed by atoms with Crippen molar-refractivity contribution in [1.82, 2.24) is 4.98 Å². The van der Waals surface area contributed by atoms with Crippen LogP contribution in [-0.2, 0) is 0 Å². The van der Waals surface area contributed by atoms with E-state index in [4.69, 9.17) is 21.1 Å². The fourth-order valence-electron chi connectivity index (χ4n) is 2.59. The van der Waals surface area contributed by atoms with Gasteiger partial charge in [0.1, 0.15) is 17.3 Å². The number of aryl methyl sites for hydroxylation is 1. The fraction of sp³-hybridized carbons (Fsp3) is 0.143. The summed E-state index contributed by atoms with van der Waals surface area (Å²) in [5.74, 6) is 1.53. The first-order valence-corrected chi connectivity index (χ1v) is 8.90. The maximum Gasteiger partial charge on any atom is 0.255 e. The van der Waals surface area contributed by atoms with Gasteiger partial charge < -0.3 is 20.1 Å². The highest BCUT2D eigenvalue weighted by molar-refractivity contribution is 6.31. The molecule has 0 aliphatic rings. The second-order valence-corrected chi connectivity index (χ2v) is 6.45. The molecule has 6 nitrogen and oxygen atoms in total. The number of halogens is 1. The number of ether oxygens (including phenoxy) is 2. The summed E-state index contributed by atoms with van der Waals surface area (Å²) < 4.78 is 10.5. The molecule has 28 heavy (non-hydrogen) atoms. The molecule has 0 bridgehead atoms. The van der Waals surface area contributed by atoms with Crippen LogP contribution < -0.4 is 20.1 Å². The summed E-state index contributed by atoms with van der Waals surface area (Å²) in [5, 5.41) is 6.60. The Morgan fingerprint density at radius 2 is 1.79 bits per heavy atom. The molecule has 0 aliphatic heterocycles. The van der Waals surface area contributed by atoms with E-state index in [1.165, 1.54) is 7.11 Å². The molecule has 2 aromatic carbocycles. The van der Waals surface area contributed by atoms with Crippen LogP contribution in [0.3, 0.4) is 0 Å². The SMILES string of the molecule is COc1ccc(Nc2cc(C(=O)Nc3cc(C)c(Cl)cc3OC)ccn2)cc1. The first kappa shape index (κ1) is 19.5. The Morgan fingerprint density at radius 3 is 2.46 bits per heavy atom. The maximum absolute atomic E-state index is 12.7. The molecule has 0 radical (unpaired) electrons. The first-order chi connectivity index (χ1) is 13.5. The number of methoxy groups -OCH3 is 2. The molecular weight excluding hydrogens is 378 g/mol. The van der Waals surface area contributed by atoms with Crippen molar-refractivity contribution in [1.29, 1.82) is 0 Å². The zero-order chi connectivity index (χ0) is 20.1. The average Bonchev–Trinajstić information content (AvgIpc) is 2.71. The Bertz CT molecular complexity index is 991. The maximum atomic E-state index is 12.7. The highest BCUT2D eigenvalue weighted by atomic mass is 35.5. The Morgan fingerprint density at radius 1 is 1.04 bits per heavy atom. The van der Waals surface area contributed by atoms with Gasteiger partial charge in [0.25, 0.3) is 5.91 Å². The number of carbonyl (C=O) groups is 1. The van der Waals surface area contributed by atoms with Gasteiger partial charge in [-0.15, -0.1) is 0 Å². The van der Waals surface area contributed by atoms with E-state index in [1.54, 1.807) is 37.6 Å². The molecule has 144 valence electrons. The van der Waals surface area contributed by atoms with E-state index in [9.17, 15) is 4.79 Å². The molecule has 3 rings (SSSR count). The Balaban J connectivity index is 1.78. The summed E-state index contributed by atoms with van der Waals surface area (Å²) in [6, 6.07) is 14.2. The van der Waals surface area contributed by atoms with Crippen molar-refractivity contribution in [3.63, 3.8) is 0 Å². The Kier molecular flexibility index (Phi) is 6.01. The average molecular weight is 398 g/mol. The number of amides is 1. The van der Waals surface area contributed by atoms with E-state index in [2.05, 4.69) is 15.6 Å². The quantitative estimate of drug-likeness (QED) is 0.608. The second kappa shape index (κ2) is 8.63. The highest BCUT2D eigenvalue weighted by Crippen LogP contribution is 2.31. The van der Waals surface area contributed by atoms with Gasteiger partial charge >= 0.3 is 0 Å². The summed E-state index contributed by atoms with van der Waals surface area (Å²) in [5.41, 5.74) is 2.69. The lowest BCUT2D eigenvalue weighted by molar-refractivity contribution is 0.102. The molecule has 2 N–H and O–H groups in total. The number of carbonyl (C=O) groups excluding carboxylic acids is 1. The third kappa shape index (κ3) is 4.53. The lowest BCUT2D eigenvalue weighted by atomic mass is 10.2. The summed E-state index contributed by atoms with van der Waals surface area (Å²) in [7, 11) is 3.14. The van der Waals surface area contributed by atoms with E-state index in [-0.39, 0.29) is 5.91 Å². The van der Waals surface area contributed by atoms with Crippen molar-refractivity contribution in [3.8, 4) is 11.5 Å². The second-order valence-electron chi connectivity index (χ2n) is 6.04. The topological polar surface area (TPSA) is 72.5 Å². The predicted molar refractivity (Wildman–Crippen MR) is 111 cm³/mol. The summed E-state index contributed by atoms with van der Waals surface area (Å²) in [6.07, 6.45) is 1.57. The molecule has 7 heteroatoms. The van der Waals surface area contributed by atoms with Gasteiger partial charge in [-0.2, -0.15) is 0 Å². The molecule has 0 saturated heterocycles. The molecule has 1 aromatic heterocycles. The van der Waals surface area contributed by atoms with Crippen molar-refractivity contribution in [2.24, 2.45) is 0 Å². The van der Waals surface area contributed by atoms with Crippen LogP contribution >= 0.6 is 11.6 Å². The largest absolute Gasteiger partial charge is 0.497 e. The number of pyridine rings is 1. The van der Waals surface area contributed by atoms with Gasteiger partial charge in [-0.25, -0.2) is 4.98 Å². The monoisotopic (exact) mass is 397 g/mol. The van der Waals surface area contributed by atoms with Crippen LogP contribution in [0.2, 0.25) is 5.02 Å². The zero-order valence-electron chi connectivity index (χ0n) is 15.7. The van der Waals surface area contributed by atoms with Gasteiger partial charge in [0.15, 0.2) is 0 Å². The lowest BCUT2D eigenvalue weighted by Crippen LogP contribution is -2.13. The number of hydrogen-bond donors (Lipinski definition) is 2. The highest BCUT2D eigenvalue weighted by Gasteiger charge is 2.13. The first-order valence-electron chi connectivity index (χ1n) is 8.53. The van der Waals surface area contributed by atoms with Crippen molar-refractivity contribution in [2.45, 2.75) is 6.92 Å². The summed E-state index contributed by atoms with van der Waals surface area (Å²) in [4.78, 5) is 17.0. The fourth-order valence-corrected chi connectivity index (χ4v) is 2.74. The van der Waals surface area contributed by atoms with Crippen LogP contribution in [-0.4, -0.2) is 25.1 Å². The van der Waals surface area contributed by atoms with Gasteiger partial charge in [0.2, 0.25) is 0 Å². The Hall–Kier alpha value is -3.25. The van der Waals surface area contributed by atoms with E-state index < -0.39 is 0 Å². The molecule has 0 spiro atoms. The van der Waals surface area contributed by atoms with E-state index in [0.717, 1.165) is 17.0 Å². The third-order valence-corrected chi connectivity index (χ3v) is 4.52. The van der Waals surface area contributed by atoms with E-state index in [0.29, 0.717) is 27.8 Å². The normalized spacial score (nSPS) is 10.3. The smallest absolute Gasteiger partial charge is 0.255 e. The van der Waals surface area contributed by atoms with Crippen LogP contribution in [0.15, 0.2) is 54.7 Å². The predicted octanol–water partition coefficient (Wildman–Crippen LogP) is 5.06. The number of anilines is 3. The molecule has 0 aliphatic carbocycles. The number of nitrogens with one attached hydrogen (secondary N) is 2. The minimum absolute atomic E-state index is 0.278. The third-order valence-electron chi connectivity index (χ3n) is 4.11.